The van der Waals surface area contributed by atoms with E-state index >= 15 is 0 Å². The second-order valence-electron chi connectivity index (χ2n) is 3.13. The summed E-state index contributed by atoms with van der Waals surface area (Å²) < 4.78 is 9.56. The van der Waals surface area contributed by atoms with E-state index in [2.05, 4.69) is 0 Å². The number of hydrogen-bond acceptors (Lipinski definition) is 5. The number of aliphatic hydroxyl groups excluding tert-OH is 1. The summed E-state index contributed by atoms with van der Waals surface area (Å²) in [7, 11) is 0. The molecule has 1 aliphatic heterocycles. The molecule has 0 saturated heterocycles. The van der Waals surface area contributed by atoms with Gasteiger partial charge in [-0.25, -0.2) is 4.79 Å². The van der Waals surface area contributed by atoms with Crippen molar-refractivity contribution in [2.75, 3.05) is 6.61 Å². The molecule has 0 aromatic heterocycles. The zero-order valence-corrected chi connectivity index (χ0v) is 8.78. The number of ether oxygens (including phenoxy) is 2. The third kappa shape index (κ3) is 2.49. The minimum absolute atomic E-state index is 0.0349. The lowest BCUT2D eigenvalue weighted by molar-refractivity contribution is -0.149. The van der Waals surface area contributed by atoms with Gasteiger partial charge in [-0.15, -0.1) is 0 Å². The molecule has 1 atom stereocenters. The Balaban J connectivity index is 2.65. The van der Waals surface area contributed by atoms with Gasteiger partial charge in [0.15, 0.2) is 0 Å². The van der Waals surface area contributed by atoms with Crippen LogP contribution >= 0.6 is 0 Å². The van der Waals surface area contributed by atoms with Gasteiger partial charge in [0.25, 0.3) is 0 Å². The van der Waals surface area contributed by atoms with E-state index < -0.39 is 18.0 Å². The largest absolute Gasteiger partial charge is 0.502 e. The van der Waals surface area contributed by atoms with Gasteiger partial charge in [-0.3, -0.25) is 4.79 Å². The van der Waals surface area contributed by atoms with Crippen LogP contribution in [0.5, 0.6) is 0 Å². The third-order valence-corrected chi connectivity index (χ3v) is 2.17. The van der Waals surface area contributed by atoms with Crippen LogP contribution in [0, 0.1) is 0 Å². The second-order valence-corrected chi connectivity index (χ2v) is 3.13. The molecule has 0 aliphatic carbocycles. The summed E-state index contributed by atoms with van der Waals surface area (Å²) in [5.74, 6) is -1.57. The molecule has 84 valence electrons. The van der Waals surface area contributed by atoms with Crippen LogP contribution in [0.25, 0.3) is 0 Å². The molecule has 5 nitrogen and oxygen atoms in total. The smallest absolute Gasteiger partial charge is 0.374 e. The Morgan fingerprint density at radius 2 is 2.20 bits per heavy atom. The molecule has 1 rings (SSSR count). The molecule has 0 aromatic carbocycles. The summed E-state index contributed by atoms with van der Waals surface area (Å²) in [4.78, 5) is 22.2. The van der Waals surface area contributed by atoms with Crippen molar-refractivity contribution >= 4 is 11.9 Å². The van der Waals surface area contributed by atoms with Crippen molar-refractivity contribution in [3.05, 3.63) is 11.3 Å². The van der Waals surface area contributed by atoms with Crippen LogP contribution in [-0.2, 0) is 19.1 Å². The summed E-state index contributed by atoms with van der Waals surface area (Å²) in [5, 5.41) is 9.32. The first-order valence-corrected chi connectivity index (χ1v) is 4.88. The van der Waals surface area contributed by atoms with Crippen molar-refractivity contribution in [1.29, 1.82) is 0 Å². The zero-order valence-electron chi connectivity index (χ0n) is 8.78. The van der Waals surface area contributed by atoms with E-state index in [1.807, 2.05) is 0 Å². The van der Waals surface area contributed by atoms with Gasteiger partial charge < -0.3 is 14.6 Å². The average molecular weight is 214 g/mol. The third-order valence-electron chi connectivity index (χ3n) is 2.17. The number of cyclic esters (lactones) is 1. The van der Waals surface area contributed by atoms with Crippen LogP contribution < -0.4 is 0 Å². The highest BCUT2D eigenvalue weighted by molar-refractivity contribution is 5.90. The van der Waals surface area contributed by atoms with Gasteiger partial charge in [-0.05, 0) is 13.3 Å². The van der Waals surface area contributed by atoms with E-state index in [4.69, 9.17) is 9.47 Å². The molecule has 0 radical (unpaired) electrons. The molecule has 15 heavy (non-hydrogen) atoms. The Hall–Kier alpha value is -1.52. The molecule has 0 spiro atoms. The number of esters is 2. The van der Waals surface area contributed by atoms with Crippen LogP contribution in [0.2, 0.25) is 0 Å². The molecule has 1 N–H and O–H groups in total. The number of aliphatic hydroxyl groups is 1. The molecule has 0 bridgehead atoms. The van der Waals surface area contributed by atoms with E-state index in [0.29, 0.717) is 12.0 Å². The first kappa shape index (κ1) is 11.6. The summed E-state index contributed by atoms with van der Waals surface area (Å²) >= 11 is 0. The molecular weight excluding hydrogens is 200 g/mol. The topological polar surface area (TPSA) is 72.8 Å². The molecule has 1 aliphatic rings. The lowest BCUT2D eigenvalue weighted by Gasteiger charge is -2.11. The van der Waals surface area contributed by atoms with Gasteiger partial charge in [0, 0.05) is 5.57 Å². The molecular formula is C10H14O5. The minimum Gasteiger partial charge on any atom is -0.502 e. The Kier molecular flexibility index (Phi) is 3.71. The molecule has 0 aromatic rings. The van der Waals surface area contributed by atoms with Crippen LogP contribution in [0.4, 0.5) is 0 Å². The predicted molar refractivity (Wildman–Crippen MR) is 51.1 cm³/mol. The fourth-order valence-corrected chi connectivity index (χ4v) is 1.47. The molecule has 5 heteroatoms. The van der Waals surface area contributed by atoms with Gasteiger partial charge in [-0.2, -0.15) is 0 Å². The summed E-state index contributed by atoms with van der Waals surface area (Å²) in [5.41, 5.74) is 0.466. The van der Waals surface area contributed by atoms with E-state index in [0.717, 1.165) is 0 Å². The van der Waals surface area contributed by atoms with Crippen LogP contribution in [0.15, 0.2) is 11.3 Å². The van der Waals surface area contributed by atoms with Gasteiger partial charge in [0.05, 0.1) is 13.0 Å². The van der Waals surface area contributed by atoms with E-state index in [1.54, 1.807) is 13.8 Å². The first-order valence-electron chi connectivity index (χ1n) is 4.88. The fraction of sp³-hybridized carbons (Fsp3) is 0.600. The summed E-state index contributed by atoms with van der Waals surface area (Å²) in [6.07, 6.45) is -0.226. The maximum absolute atomic E-state index is 11.2. The summed E-state index contributed by atoms with van der Waals surface area (Å²) in [6, 6.07) is 0. The zero-order chi connectivity index (χ0) is 11.4. The SMILES string of the molecule is CCOC(=O)C[C@@H]1OC(=O)C(O)=C1CC. The predicted octanol–water partition coefficient (Wildman–Crippen LogP) is 1.09. The molecule has 0 saturated carbocycles. The first-order chi connectivity index (χ1) is 7.10. The monoisotopic (exact) mass is 214 g/mol. The highest BCUT2D eigenvalue weighted by Gasteiger charge is 2.34. The Morgan fingerprint density at radius 3 is 2.73 bits per heavy atom. The number of hydrogen-bond donors (Lipinski definition) is 1. The average Bonchev–Trinajstić information content (AvgIpc) is 2.42. The number of rotatable bonds is 4. The number of carbonyl (C=O) groups is 2. The molecule has 0 unspecified atom stereocenters. The van der Waals surface area contributed by atoms with Crippen LogP contribution in [0.3, 0.4) is 0 Å². The maximum atomic E-state index is 11.2. The van der Waals surface area contributed by atoms with Gasteiger partial charge in [-0.1, -0.05) is 6.92 Å². The quantitative estimate of drug-likeness (QED) is 0.709. The van der Waals surface area contributed by atoms with Gasteiger partial charge in [0.1, 0.15) is 6.10 Å². The minimum atomic E-state index is -0.763. The lowest BCUT2D eigenvalue weighted by Crippen LogP contribution is -2.18. The number of carbonyl (C=O) groups excluding carboxylic acids is 2. The van der Waals surface area contributed by atoms with Crippen molar-refractivity contribution in [3.8, 4) is 0 Å². The normalized spacial score (nSPS) is 20.4. The van der Waals surface area contributed by atoms with Crippen molar-refractivity contribution in [2.24, 2.45) is 0 Å². The Morgan fingerprint density at radius 1 is 1.53 bits per heavy atom. The Labute approximate surface area is 87.7 Å². The van der Waals surface area contributed by atoms with E-state index in [-0.39, 0.29) is 18.8 Å². The van der Waals surface area contributed by atoms with Crippen molar-refractivity contribution in [3.63, 3.8) is 0 Å². The maximum Gasteiger partial charge on any atom is 0.374 e. The van der Waals surface area contributed by atoms with Crippen LogP contribution in [-0.4, -0.2) is 29.8 Å². The lowest BCUT2D eigenvalue weighted by atomic mass is 10.1. The highest BCUT2D eigenvalue weighted by Crippen LogP contribution is 2.26. The Bertz CT molecular complexity index is 305. The second kappa shape index (κ2) is 4.82. The van der Waals surface area contributed by atoms with E-state index in [9.17, 15) is 14.7 Å². The molecule has 0 fully saturated rings. The van der Waals surface area contributed by atoms with Gasteiger partial charge >= 0.3 is 11.9 Å². The summed E-state index contributed by atoms with van der Waals surface area (Å²) in [6.45, 7) is 3.77. The van der Waals surface area contributed by atoms with E-state index in [1.165, 1.54) is 0 Å². The standard InChI is InChI=1S/C10H14O5/c1-3-6-7(5-8(11)14-4-2)15-10(13)9(6)12/h7,12H,3-5H2,1-2H3/t7-/m0/s1. The van der Waals surface area contributed by atoms with Gasteiger partial charge in [0.2, 0.25) is 5.76 Å². The van der Waals surface area contributed by atoms with Crippen molar-refractivity contribution < 1.29 is 24.2 Å². The highest BCUT2D eigenvalue weighted by atomic mass is 16.6. The fourth-order valence-electron chi connectivity index (χ4n) is 1.47. The van der Waals surface area contributed by atoms with Crippen LogP contribution in [0.1, 0.15) is 26.7 Å². The van der Waals surface area contributed by atoms with Crippen molar-refractivity contribution in [1.82, 2.24) is 0 Å². The molecule has 0 amide bonds. The van der Waals surface area contributed by atoms with Crippen molar-refractivity contribution in [2.45, 2.75) is 32.8 Å². The molecule has 1 heterocycles.